The van der Waals surface area contributed by atoms with Crippen LogP contribution in [0, 0.1) is 19.8 Å². The Labute approximate surface area is 157 Å². The number of piperidine rings is 1. The van der Waals surface area contributed by atoms with E-state index in [4.69, 9.17) is 4.52 Å². The molecule has 1 atom stereocenters. The van der Waals surface area contributed by atoms with Crippen molar-refractivity contribution in [1.82, 2.24) is 25.0 Å². The molecule has 0 aliphatic carbocycles. The van der Waals surface area contributed by atoms with Gasteiger partial charge in [-0.3, -0.25) is 4.90 Å². The lowest BCUT2D eigenvalue weighted by Crippen LogP contribution is -2.35. The molecule has 0 saturated carbocycles. The van der Waals surface area contributed by atoms with Crippen LogP contribution in [-0.4, -0.2) is 38.1 Å². The molecule has 1 unspecified atom stereocenters. The first kappa shape index (κ1) is 17.3. The first-order chi connectivity index (χ1) is 12.7. The fourth-order valence-electron chi connectivity index (χ4n) is 3.77. The number of aromatic nitrogens is 4. The molecule has 6 nitrogen and oxygen atoms in total. The standard InChI is InChI=1S/C19H23N5OS/c1-13-19(14(2)25-23-13)17-9-16(21-12-22-17)8-15-4-3-6-24(10-15)11-18-20-5-7-26-18/h5,7,9,12,15H,3-4,6,8,10-11H2,1-2H3. The molecule has 0 N–H and O–H groups in total. The van der Waals surface area contributed by atoms with Crippen molar-refractivity contribution >= 4 is 11.3 Å². The molecule has 26 heavy (non-hydrogen) atoms. The molecular weight excluding hydrogens is 346 g/mol. The predicted molar refractivity (Wildman–Crippen MR) is 101 cm³/mol. The molecule has 1 saturated heterocycles. The molecule has 0 bridgehead atoms. The number of hydrogen-bond acceptors (Lipinski definition) is 7. The Kier molecular flexibility index (Phi) is 5.08. The molecule has 0 aromatic carbocycles. The van der Waals surface area contributed by atoms with Gasteiger partial charge >= 0.3 is 0 Å². The Morgan fingerprint density at radius 3 is 2.96 bits per heavy atom. The van der Waals surface area contributed by atoms with Crippen molar-refractivity contribution in [2.45, 2.75) is 39.7 Å². The van der Waals surface area contributed by atoms with Crippen molar-refractivity contribution in [2.24, 2.45) is 5.92 Å². The van der Waals surface area contributed by atoms with Crippen LogP contribution in [0.2, 0.25) is 0 Å². The van der Waals surface area contributed by atoms with Gasteiger partial charge in [0.05, 0.1) is 23.5 Å². The number of thiazole rings is 1. The Balaban J connectivity index is 1.44. The van der Waals surface area contributed by atoms with Crippen molar-refractivity contribution < 1.29 is 4.52 Å². The maximum atomic E-state index is 5.28. The summed E-state index contributed by atoms with van der Waals surface area (Å²) < 4.78 is 5.28. The third-order valence-electron chi connectivity index (χ3n) is 4.96. The van der Waals surface area contributed by atoms with Crippen molar-refractivity contribution in [3.63, 3.8) is 0 Å². The minimum Gasteiger partial charge on any atom is -0.361 e. The van der Waals surface area contributed by atoms with Gasteiger partial charge in [-0.05, 0) is 51.6 Å². The molecule has 4 heterocycles. The number of rotatable bonds is 5. The molecule has 3 aromatic rings. The summed E-state index contributed by atoms with van der Waals surface area (Å²) in [4.78, 5) is 15.9. The van der Waals surface area contributed by atoms with Crippen molar-refractivity contribution in [3.8, 4) is 11.3 Å². The largest absolute Gasteiger partial charge is 0.361 e. The summed E-state index contributed by atoms with van der Waals surface area (Å²) in [6.45, 7) is 7.09. The summed E-state index contributed by atoms with van der Waals surface area (Å²) in [6, 6.07) is 2.09. The molecule has 0 amide bonds. The zero-order valence-corrected chi connectivity index (χ0v) is 16.0. The second-order valence-corrected chi connectivity index (χ2v) is 7.95. The van der Waals surface area contributed by atoms with Crippen LogP contribution in [0.5, 0.6) is 0 Å². The first-order valence-corrected chi connectivity index (χ1v) is 9.92. The van der Waals surface area contributed by atoms with Gasteiger partial charge < -0.3 is 4.52 Å². The summed E-state index contributed by atoms with van der Waals surface area (Å²) in [5.74, 6) is 1.43. The van der Waals surface area contributed by atoms with E-state index in [0.717, 1.165) is 54.5 Å². The van der Waals surface area contributed by atoms with E-state index < -0.39 is 0 Å². The van der Waals surface area contributed by atoms with E-state index in [1.165, 1.54) is 17.8 Å². The fraction of sp³-hybridized carbons (Fsp3) is 0.474. The van der Waals surface area contributed by atoms with E-state index in [1.807, 2.05) is 25.4 Å². The number of nitrogens with zero attached hydrogens (tertiary/aromatic N) is 5. The van der Waals surface area contributed by atoms with Gasteiger partial charge in [0.15, 0.2) is 0 Å². The lowest BCUT2D eigenvalue weighted by Gasteiger charge is -2.32. The molecule has 0 radical (unpaired) electrons. The van der Waals surface area contributed by atoms with Crippen molar-refractivity contribution in [1.29, 1.82) is 0 Å². The van der Waals surface area contributed by atoms with Crippen LogP contribution >= 0.6 is 11.3 Å². The molecule has 1 aliphatic rings. The Bertz CT molecular complexity index is 841. The van der Waals surface area contributed by atoms with E-state index in [0.29, 0.717) is 5.92 Å². The van der Waals surface area contributed by atoms with Crippen LogP contribution in [0.15, 0.2) is 28.5 Å². The molecular formula is C19H23N5OS. The lowest BCUT2D eigenvalue weighted by atomic mass is 9.93. The maximum Gasteiger partial charge on any atom is 0.143 e. The van der Waals surface area contributed by atoms with Crippen LogP contribution in [-0.2, 0) is 13.0 Å². The Morgan fingerprint density at radius 2 is 2.19 bits per heavy atom. The van der Waals surface area contributed by atoms with Crippen LogP contribution in [0.3, 0.4) is 0 Å². The van der Waals surface area contributed by atoms with Gasteiger partial charge in [-0.15, -0.1) is 11.3 Å². The second kappa shape index (κ2) is 7.63. The number of aryl methyl sites for hydroxylation is 2. The van der Waals surface area contributed by atoms with Crippen LogP contribution < -0.4 is 0 Å². The fourth-order valence-corrected chi connectivity index (χ4v) is 4.43. The zero-order chi connectivity index (χ0) is 17.9. The number of likely N-dealkylation sites (tertiary alicyclic amines) is 1. The maximum absolute atomic E-state index is 5.28. The topological polar surface area (TPSA) is 67.9 Å². The molecule has 3 aromatic heterocycles. The van der Waals surface area contributed by atoms with Gasteiger partial charge in [0.2, 0.25) is 0 Å². The lowest BCUT2D eigenvalue weighted by molar-refractivity contribution is 0.166. The van der Waals surface area contributed by atoms with Crippen LogP contribution in [0.25, 0.3) is 11.3 Å². The van der Waals surface area contributed by atoms with Gasteiger partial charge in [0.25, 0.3) is 0 Å². The minimum absolute atomic E-state index is 0.621. The average Bonchev–Trinajstić information content (AvgIpc) is 3.25. The van der Waals surface area contributed by atoms with E-state index in [-0.39, 0.29) is 0 Å². The molecule has 1 fully saturated rings. The first-order valence-electron chi connectivity index (χ1n) is 9.04. The summed E-state index contributed by atoms with van der Waals surface area (Å²) in [5, 5.41) is 7.29. The number of hydrogen-bond donors (Lipinski definition) is 0. The highest BCUT2D eigenvalue weighted by Gasteiger charge is 2.22. The van der Waals surface area contributed by atoms with Crippen molar-refractivity contribution in [2.75, 3.05) is 13.1 Å². The Morgan fingerprint density at radius 1 is 1.27 bits per heavy atom. The quantitative estimate of drug-likeness (QED) is 0.684. The van der Waals surface area contributed by atoms with Gasteiger partial charge in [0.1, 0.15) is 17.1 Å². The highest BCUT2D eigenvalue weighted by Crippen LogP contribution is 2.27. The highest BCUT2D eigenvalue weighted by molar-refractivity contribution is 7.09. The zero-order valence-electron chi connectivity index (χ0n) is 15.2. The monoisotopic (exact) mass is 369 g/mol. The third kappa shape index (κ3) is 3.83. The average molecular weight is 369 g/mol. The smallest absolute Gasteiger partial charge is 0.143 e. The molecule has 1 aliphatic heterocycles. The van der Waals surface area contributed by atoms with Crippen LogP contribution in [0.4, 0.5) is 0 Å². The van der Waals surface area contributed by atoms with E-state index in [1.54, 1.807) is 17.7 Å². The summed E-state index contributed by atoms with van der Waals surface area (Å²) in [5.41, 5.74) is 3.86. The SMILES string of the molecule is Cc1noc(C)c1-c1cc(CC2CCCN(Cc3nccs3)C2)ncn1. The van der Waals surface area contributed by atoms with Crippen molar-refractivity contribution in [3.05, 3.63) is 46.1 Å². The van der Waals surface area contributed by atoms with Crippen LogP contribution in [0.1, 0.15) is 35.0 Å². The normalized spacial score (nSPS) is 18.3. The summed E-state index contributed by atoms with van der Waals surface area (Å²) in [6.07, 6.45) is 7.01. The molecule has 136 valence electrons. The second-order valence-electron chi connectivity index (χ2n) is 6.97. The minimum atomic E-state index is 0.621. The van der Waals surface area contributed by atoms with Gasteiger partial charge in [0, 0.05) is 23.8 Å². The summed E-state index contributed by atoms with van der Waals surface area (Å²) >= 11 is 1.74. The Hall–Kier alpha value is -2.12. The van der Waals surface area contributed by atoms with Gasteiger partial charge in [-0.25, -0.2) is 15.0 Å². The predicted octanol–water partition coefficient (Wildman–Crippen LogP) is 3.66. The molecule has 7 heteroatoms. The highest BCUT2D eigenvalue weighted by atomic mass is 32.1. The van der Waals surface area contributed by atoms with E-state index in [9.17, 15) is 0 Å². The van der Waals surface area contributed by atoms with Gasteiger partial charge in [-0.1, -0.05) is 5.16 Å². The molecule has 0 spiro atoms. The molecule has 4 rings (SSSR count). The van der Waals surface area contributed by atoms with E-state index >= 15 is 0 Å². The van der Waals surface area contributed by atoms with Gasteiger partial charge in [-0.2, -0.15) is 0 Å². The summed E-state index contributed by atoms with van der Waals surface area (Å²) in [7, 11) is 0. The van der Waals surface area contributed by atoms with E-state index in [2.05, 4.69) is 31.1 Å². The third-order valence-corrected chi connectivity index (χ3v) is 5.72.